The summed E-state index contributed by atoms with van der Waals surface area (Å²) in [6, 6.07) is 4.78. The minimum atomic E-state index is -0.395. The van der Waals surface area contributed by atoms with Gasteiger partial charge in [-0.15, -0.1) is 0 Å². The number of hydrogen-bond acceptors (Lipinski definition) is 4. The highest BCUT2D eigenvalue weighted by atomic mass is 35.5. The molecule has 3 rings (SSSR count). The molecule has 9 heteroatoms. The lowest BCUT2D eigenvalue weighted by Crippen LogP contribution is -2.34. The van der Waals surface area contributed by atoms with Gasteiger partial charge in [-0.25, -0.2) is 4.68 Å². The molecule has 7 nitrogen and oxygen atoms in total. The first-order valence-corrected chi connectivity index (χ1v) is 9.98. The second-order valence-electron chi connectivity index (χ2n) is 8.17. The number of halogens is 2. The van der Waals surface area contributed by atoms with E-state index in [-0.39, 0.29) is 18.0 Å². The van der Waals surface area contributed by atoms with E-state index in [2.05, 4.69) is 15.5 Å². The van der Waals surface area contributed by atoms with Crippen LogP contribution in [0, 0.1) is 0 Å². The van der Waals surface area contributed by atoms with Crippen LogP contribution < -0.4 is 10.9 Å². The van der Waals surface area contributed by atoms with Gasteiger partial charge in [0.25, 0.3) is 5.56 Å². The normalized spacial score (nSPS) is 12.0. The predicted octanol–water partition coefficient (Wildman–Crippen LogP) is 4.42. The standard InChI is InChI=1S/C20H23Cl2N5O2/c1-11(2)17-13-9-23-27(20(3,4)5)18(13)19(29)26(25-17)10-16(28)24-12-6-7-14(21)15(22)8-12/h6-9,11H,10H2,1-5H3,(H,24,28). The van der Waals surface area contributed by atoms with Gasteiger partial charge in [0.1, 0.15) is 12.1 Å². The van der Waals surface area contributed by atoms with E-state index in [1.54, 1.807) is 29.1 Å². The number of nitrogens with zero attached hydrogens (tertiary/aromatic N) is 4. The van der Waals surface area contributed by atoms with Crippen LogP contribution >= 0.6 is 23.2 Å². The Kier molecular flexibility index (Phi) is 5.74. The minimum Gasteiger partial charge on any atom is -0.324 e. The first-order chi connectivity index (χ1) is 13.5. The number of nitrogens with one attached hydrogen (secondary N) is 1. The molecule has 2 aromatic heterocycles. The average molecular weight is 436 g/mol. The molecule has 29 heavy (non-hydrogen) atoms. The molecule has 0 fully saturated rings. The van der Waals surface area contributed by atoms with Crippen molar-refractivity contribution in [1.29, 1.82) is 0 Å². The van der Waals surface area contributed by atoms with Crippen molar-refractivity contribution in [1.82, 2.24) is 19.6 Å². The number of rotatable bonds is 4. The van der Waals surface area contributed by atoms with Crippen LogP contribution in [0.5, 0.6) is 0 Å². The van der Waals surface area contributed by atoms with E-state index in [0.29, 0.717) is 26.6 Å². The number of amides is 1. The number of fused-ring (bicyclic) bond motifs is 1. The van der Waals surface area contributed by atoms with E-state index < -0.39 is 11.4 Å². The zero-order valence-electron chi connectivity index (χ0n) is 17.0. The van der Waals surface area contributed by atoms with Crippen molar-refractivity contribution in [2.75, 3.05) is 5.32 Å². The third-order valence-corrected chi connectivity index (χ3v) is 5.13. The molecule has 0 aliphatic rings. The summed E-state index contributed by atoms with van der Waals surface area (Å²) in [6.45, 7) is 9.65. The fourth-order valence-electron chi connectivity index (χ4n) is 3.05. The monoisotopic (exact) mass is 435 g/mol. The first-order valence-electron chi connectivity index (χ1n) is 9.23. The maximum absolute atomic E-state index is 13.1. The Bertz CT molecular complexity index is 1140. The quantitative estimate of drug-likeness (QED) is 0.657. The van der Waals surface area contributed by atoms with E-state index in [1.165, 1.54) is 4.68 Å². The number of benzene rings is 1. The number of anilines is 1. The van der Waals surface area contributed by atoms with Crippen molar-refractivity contribution in [3.8, 4) is 0 Å². The van der Waals surface area contributed by atoms with Crippen molar-refractivity contribution in [3.63, 3.8) is 0 Å². The largest absolute Gasteiger partial charge is 0.324 e. The zero-order valence-corrected chi connectivity index (χ0v) is 18.5. The molecule has 0 spiro atoms. The van der Waals surface area contributed by atoms with E-state index >= 15 is 0 Å². The highest BCUT2D eigenvalue weighted by Gasteiger charge is 2.24. The second kappa shape index (κ2) is 7.80. The summed E-state index contributed by atoms with van der Waals surface area (Å²) in [5.41, 5.74) is 0.899. The van der Waals surface area contributed by atoms with Gasteiger partial charge in [-0.1, -0.05) is 37.0 Å². The molecule has 0 aliphatic heterocycles. The molecule has 154 valence electrons. The van der Waals surface area contributed by atoms with Crippen LogP contribution in [-0.2, 0) is 16.9 Å². The highest BCUT2D eigenvalue weighted by molar-refractivity contribution is 6.42. The Morgan fingerprint density at radius 2 is 1.90 bits per heavy atom. The summed E-state index contributed by atoms with van der Waals surface area (Å²) in [4.78, 5) is 25.7. The van der Waals surface area contributed by atoms with E-state index in [0.717, 1.165) is 5.69 Å². The third-order valence-electron chi connectivity index (χ3n) is 4.39. The molecule has 0 saturated heterocycles. The Morgan fingerprint density at radius 1 is 1.21 bits per heavy atom. The summed E-state index contributed by atoms with van der Waals surface area (Å²) in [5, 5.41) is 13.0. The summed E-state index contributed by atoms with van der Waals surface area (Å²) in [5.74, 6) is -0.339. The van der Waals surface area contributed by atoms with Crippen LogP contribution in [0.1, 0.15) is 46.2 Å². The van der Waals surface area contributed by atoms with Crippen molar-refractivity contribution < 1.29 is 4.79 Å². The number of hydrogen-bond donors (Lipinski definition) is 1. The van der Waals surface area contributed by atoms with Crippen molar-refractivity contribution in [2.24, 2.45) is 0 Å². The third kappa shape index (κ3) is 4.31. The molecule has 0 saturated carbocycles. The Hall–Kier alpha value is -2.38. The number of aromatic nitrogens is 4. The summed E-state index contributed by atoms with van der Waals surface area (Å²) in [7, 11) is 0. The van der Waals surface area contributed by atoms with Gasteiger partial charge in [-0.3, -0.25) is 14.3 Å². The Morgan fingerprint density at radius 3 is 2.48 bits per heavy atom. The fraction of sp³-hybridized carbons (Fsp3) is 0.400. The zero-order chi connectivity index (χ0) is 21.5. The van der Waals surface area contributed by atoms with Crippen LogP contribution in [0.3, 0.4) is 0 Å². The molecule has 0 atom stereocenters. The van der Waals surface area contributed by atoms with Gasteiger partial charge >= 0.3 is 0 Å². The summed E-state index contributed by atoms with van der Waals surface area (Å²) < 4.78 is 2.88. The van der Waals surface area contributed by atoms with Crippen LogP contribution in [0.15, 0.2) is 29.2 Å². The van der Waals surface area contributed by atoms with E-state index in [4.69, 9.17) is 23.2 Å². The van der Waals surface area contributed by atoms with Crippen LogP contribution in [0.4, 0.5) is 5.69 Å². The van der Waals surface area contributed by atoms with Crippen LogP contribution in [0.25, 0.3) is 10.9 Å². The smallest absolute Gasteiger partial charge is 0.293 e. The van der Waals surface area contributed by atoms with E-state index in [9.17, 15) is 9.59 Å². The van der Waals surface area contributed by atoms with Crippen molar-refractivity contribution in [3.05, 3.63) is 50.5 Å². The Balaban J connectivity index is 2.02. The molecule has 0 aliphatic carbocycles. The molecular formula is C20H23Cl2N5O2. The van der Waals surface area contributed by atoms with Gasteiger partial charge in [0.2, 0.25) is 5.91 Å². The number of carbonyl (C=O) groups is 1. The minimum absolute atomic E-state index is 0.0556. The lowest BCUT2D eigenvalue weighted by atomic mass is 10.1. The van der Waals surface area contributed by atoms with Gasteiger partial charge in [0, 0.05) is 11.1 Å². The van der Waals surface area contributed by atoms with Gasteiger partial charge < -0.3 is 5.32 Å². The van der Waals surface area contributed by atoms with Crippen molar-refractivity contribution >= 4 is 45.7 Å². The van der Waals surface area contributed by atoms with Gasteiger partial charge in [0.05, 0.1) is 27.5 Å². The van der Waals surface area contributed by atoms with Gasteiger partial charge in [-0.2, -0.15) is 10.2 Å². The second-order valence-corrected chi connectivity index (χ2v) is 8.98. The van der Waals surface area contributed by atoms with Gasteiger partial charge in [-0.05, 0) is 44.9 Å². The van der Waals surface area contributed by atoms with Crippen LogP contribution in [-0.4, -0.2) is 25.5 Å². The maximum atomic E-state index is 13.1. The molecule has 3 aromatic rings. The summed E-state index contributed by atoms with van der Waals surface area (Å²) >= 11 is 11.9. The lowest BCUT2D eigenvalue weighted by molar-refractivity contribution is -0.117. The fourth-order valence-corrected chi connectivity index (χ4v) is 3.34. The molecule has 0 unspecified atom stereocenters. The molecule has 0 radical (unpaired) electrons. The van der Waals surface area contributed by atoms with Gasteiger partial charge in [0.15, 0.2) is 0 Å². The number of carbonyl (C=O) groups excluding carboxylic acids is 1. The van der Waals surface area contributed by atoms with E-state index in [1.807, 2.05) is 34.6 Å². The first kappa shape index (κ1) is 21.3. The average Bonchev–Trinajstić information content (AvgIpc) is 3.06. The van der Waals surface area contributed by atoms with Crippen molar-refractivity contribution in [2.45, 2.75) is 52.6 Å². The molecule has 2 heterocycles. The summed E-state index contributed by atoms with van der Waals surface area (Å²) in [6.07, 6.45) is 1.67. The predicted molar refractivity (Wildman–Crippen MR) is 116 cm³/mol. The highest BCUT2D eigenvalue weighted by Crippen LogP contribution is 2.26. The topological polar surface area (TPSA) is 81.8 Å². The molecule has 0 bridgehead atoms. The SMILES string of the molecule is CC(C)c1nn(CC(=O)Nc2ccc(Cl)c(Cl)c2)c(=O)c2c1cnn2C(C)(C)C. The molecule has 1 N–H and O–H groups in total. The molecule has 1 amide bonds. The molecular weight excluding hydrogens is 413 g/mol. The van der Waals surface area contributed by atoms with Crippen LogP contribution in [0.2, 0.25) is 10.0 Å². The maximum Gasteiger partial charge on any atom is 0.293 e. The lowest BCUT2D eigenvalue weighted by Gasteiger charge is -2.21. The Labute approximate surface area is 178 Å². The molecule has 1 aromatic carbocycles.